The van der Waals surface area contributed by atoms with Crippen LogP contribution in [0.25, 0.3) is 0 Å². The van der Waals surface area contributed by atoms with Crippen LogP contribution in [-0.2, 0) is 29.2 Å². The number of hydrogen-bond acceptors (Lipinski definition) is 6. The van der Waals surface area contributed by atoms with E-state index >= 15 is 0 Å². The predicted octanol–water partition coefficient (Wildman–Crippen LogP) is 4.97. The molecule has 3 aromatic carbocycles. The molecule has 0 saturated heterocycles. The van der Waals surface area contributed by atoms with Crippen molar-refractivity contribution in [2.45, 2.75) is 33.1 Å². The van der Waals surface area contributed by atoms with E-state index in [0.29, 0.717) is 11.1 Å². The third kappa shape index (κ3) is 4.08. The Balaban J connectivity index is 1.76. The fraction of sp³-hybridized carbons (Fsp3) is 0.250. The van der Waals surface area contributed by atoms with Crippen LogP contribution in [-0.4, -0.2) is 40.4 Å². The van der Waals surface area contributed by atoms with E-state index in [2.05, 4.69) is 15.9 Å². The summed E-state index contributed by atoms with van der Waals surface area (Å²) in [6.45, 7) is 1.75. The standard InChI is InChI=1S/C28H25BrO6S2/c1-17-22-24(28(30)35-2)23(18-13-15-19(29)16-14-18)27(37(33,34)21-11-7-4-8-12-21)25(22)26(17)36(31,32)20-9-5-3-6-10-20/h3-17,23,25-27H,1-2H3/t17-,23-,25+,26+,27+/m1/s1. The molecule has 5 atom stereocenters. The topological polar surface area (TPSA) is 94.6 Å². The molecule has 37 heavy (non-hydrogen) atoms. The van der Waals surface area contributed by atoms with Crippen LogP contribution >= 0.6 is 15.9 Å². The van der Waals surface area contributed by atoms with Gasteiger partial charge < -0.3 is 4.74 Å². The Morgan fingerprint density at radius 3 is 1.73 bits per heavy atom. The summed E-state index contributed by atoms with van der Waals surface area (Å²) in [5.74, 6) is -2.98. The number of carbonyl (C=O) groups is 1. The van der Waals surface area contributed by atoms with E-state index in [4.69, 9.17) is 4.74 Å². The van der Waals surface area contributed by atoms with Crippen LogP contribution in [0, 0.1) is 11.8 Å². The second kappa shape index (κ2) is 9.53. The molecular weight excluding hydrogens is 576 g/mol. The molecule has 0 spiro atoms. The molecule has 5 rings (SSSR count). The maximum absolute atomic E-state index is 14.3. The number of ether oxygens (including phenoxy) is 1. The molecular formula is C28H25BrO6S2. The lowest BCUT2D eigenvalue weighted by molar-refractivity contribution is -0.136. The first kappa shape index (κ1) is 25.9. The second-order valence-electron chi connectivity index (χ2n) is 9.35. The normalized spacial score (nSPS) is 25.3. The Morgan fingerprint density at radius 1 is 0.757 bits per heavy atom. The molecule has 0 amide bonds. The first-order valence-electron chi connectivity index (χ1n) is 11.8. The van der Waals surface area contributed by atoms with Gasteiger partial charge in [0.05, 0.1) is 27.4 Å². The molecule has 0 aromatic heterocycles. The number of halogens is 1. The van der Waals surface area contributed by atoms with Gasteiger partial charge in [0.2, 0.25) is 0 Å². The number of hydrogen-bond donors (Lipinski definition) is 0. The highest BCUT2D eigenvalue weighted by Gasteiger charge is 2.65. The van der Waals surface area contributed by atoms with E-state index in [0.717, 1.165) is 4.47 Å². The van der Waals surface area contributed by atoms with Gasteiger partial charge in [-0.25, -0.2) is 21.6 Å². The highest BCUT2D eigenvalue weighted by Crippen LogP contribution is 2.61. The van der Waals surface area contributed by atoms with E-state index in [1.807, 2.05) is 0 Å². The summed E-state index contributed by atoms with van der Waals surface area (Å²) in [7, 11) is -6.73. The van der Waals surface area contributed by atoms with Gasteiger partial charge in [0.1, 0.15) is 0 Å². The molecule has 1 fully saturated rings. The van der Waals surface area contributed by atoms with Gasteiger partial charge in [-0.1, -0.05) is 71.4 Å². The number of fused-ring (bicyclic) bond motifs is 1. The van der Waals surface area contributed by atoms with Crippen molar-refractivity contribution >= 4 is 41.6 Å². The Morgan fingerprint density at radius 2 is 1.24 bits per heavy atom. The third-order valence-electron chi connectivity index (χ3n) is 7.50. The summed E-state index contributed by atoms with van der Waals surface area (Å²) in [4.78, 5) is 13.4. The lowest BCUT2D eigenvalue weighted by Crippen LogP contribution is -2.53. The molecule has 1 saturated carbocycles. The van der Waals surface area contributed by atoms with Gasteiger partial charge >= 0.3 is 5.97 Å². The summed E-state index contributed by atoms with van der Waals surface area (Å²) < 4.78 is 62.2. The molecule has 0 unspecified atom stereocenters. The van der Waals surface area contributed by atoms with Crippen LogP contribution in [0.2, 0.25) is 0 Å². The lowest BCUT2D eigenvalue weighted by Gasteiger charge is -2.45. The van der Waals surface area contributed by atoms with Crippen molar-refractivity contribution in [3.05, 3.63) is 106 Å². The van der Waals surface area contributed by atoms with Crippen LogP contribution in [0.3, 0.4) is 0 Å². The minimum absolute atomic E-state index is 0.0861. The molecule has 6 nitrogen and oxygen atoms in total. The van der Waals surface area contributed by atoms with Gasteiger partial charge in [0.15, 0.2) is 19.7 Å². The minimum Gasteiger partial charge on any atom is -0.466 e. The third-order valence-corrected chi connectivity index (χ3v) is 12.6. The first-order valence-corrected chi connectivity index (χ1v) is 15.6. The van der Waals surface area contributed by atoms with E-state index in [1.165, 1.54) is 31.4 Å². The number of carbonyl (C=O) groups excluding carboxylic acids is 1. The largest absolute Gasteiger partial charge is 0.466 e. The predicted molar refractivity (Wildman–Crippen MR) is 143 cm³/mol. The highest BCUT2D eigenvalue weighted by atomic mass is 79.9. The van der Waals surface area contributed by atoms with Crippen molar-refractivity contribution in [3.8, 4) is 0 Å². The molecule has 0 heterocycles. The lowest BCUT2D eigenvalue weighted by atomic mass is 9.70. The van der Waals surface area contributed by atoms with Crippen molar-refractivity contribution in [1.29, 1.82) is 0 Å². The van der Waals surface area contributed by atoms with Crippen LogP contribution in [0.5, 0.6) is 0 Å². The summed E-state index contributed by atoms with van der Waals surface area (Å²) >= 11 is 3.41. The smallest absolute Gasteiger partial charge is 0.334 e. The monoisotopic (exact) mass is 600 g/mol. The van der Waals surface area contributed by atoms with Crippen LogP contribution in [0.1, 0.15) is 18.4 Å². The van der Waals surface area contributed by atoms with Gasteiger partial charge in [-0.15, -0.1) is 0 Å². The van der Waals surface area contributed by atoms with E-state index in [1.54, 1.807) is 67.6 Å². The zero-order chi connectivity index (χ0) is 26.5. The van der Waals surface area contributed by atoms with Crippen molar-refractivity contribution in [1.82, 2.24) is 0 Å². The van der Waals surface area contributed by atoms with Gasteiger partial charge in [0, 0.05) is 21.9 Å². The number of allylic oxidation sites excluding steroid dienone is 1. The molecule has 0 N–H and O–H groups in total. The van der Waals surface area contributed by atoms with Crippen LogP contribution < -0.4 is 0 Å². The van der Waals surface area contributed by atoms with Gasteiger partial charge in [-0.3, -0.25) is 0 Å². The number of rotatable bonds is 6. The average molecular weight is 602 g/mol. The van der Waals surface area contributed by atoms with E-state index in [9.17, 15) is 21.6 Å². The van der Waals surface area contributed by atoms with Crippen LogP contribution in [0.15, 0.2) is 110 Å². The molecule has 192 valence electrons. The fourth-order valence-corrected chi connectivity index (χ4v) is 10.7. The van der Waals surface area contributed by atoms with Crippen molar-refractivity contribution in [2.24, 2.45) is 11.8 Å². The molecule has 9 heteroatoms. The van der Waals surface area contributed by atoms with Crippen molar-refractivity contribution in [2.75, 3.05) is 7.11 Å². The molecule has 2 aliphatic carbocycles. The van der Waals surface area contributed by atoms with Gasteiger partial charge in [-0.05, 0) is 53.5 Å². The molecule has 0 aliphatic heterocycles. The fourth-order valence-electron chi connectivity index (χ4n) is 5.94. The Hall–Kier alpha value is -2.75. The number of benzene rings is 3. The quantitative estimate of drug-likeness (QED) is 0.371. The number of esters is 1. The number of methoxy groups -OCH3 is 1. The summed E-state index contributed by atoms with van der Waals surface area (Å²) in [6, 6.07) is 23.1. The Kier molecular flexibility index (Phi) is 6.66. The molecule has 0 radical (unpaired) electrons. The maximum atomic E-state index is 14.3. The van der Waals surface area contributed by atoms with Crippen LogP contribution in [0.4, 0.5) is 0 Å². The summed E-state index contributed by atoms with van der Waals surface area (Å²) in [6.07, 6.45) is 0. The van der Waals surface area contributed by atoms with E-state index < -0.39 is 53.9 Å². The van der Waals surface area contributed by atoms with Crippen molar-refractivity contribution in [3.63, 3.8) is 0 Å². The van der Waals surface area contributed by atoms with Crippen molar-refractivity contribution < 1.29 is 26.4 Å². The average Bonchev–Trinajstić information content (AvgIpc) is 3.21. The molecule has 3 aromatic rings. The molecule has 0 bridgehead atoms. The zero-order valence-corrected chi connectivity index (χ0v) is 23.3. The highest BCUT2D eigenvalue weighted by molar-refractivity contribution is 9.10. The first-order chi connectivity index (χ1) is 17.6. The zero-order valence-electron chi connectivity index (χ0n) is 20.1. The van der Waals surface area contributed by atoms with Gasteiger partial charge in [0.25, 0.3) is 0 Å². The number of sulfone groups is 2. The van der Waals surface area contributed by atoms with Gasteiger partial charge in [-0.2, -0.15) is 0 Å². The van der Waals surface area contributed by atoms with E-state index in [-0.39, 0.29) is 15.4 Å². The summed E-state index contributed by atoms with van der Waals surface area (Å²) in [5.41, 5.74) is 1.40. The molecule has 2 aliphatic rings. The maximum Gasteiger partial charge on any atom is 0.334 e. The summed E-state index contributed by atoms with van der Waals surface area (Å²) in [5, 5.41) is -2.20. The SMILES string of the molecule is COC(=O)C1=C2[C@@H]([C@@H](S(=O)(=O)c3ccccc3)[C@@H]2C)[C@@H](S(=O)(=O)c2ccccc2)[C@@H]1c1ccc(Br)cc1. The minimum atomic E-state index is -4.08. The Labute approximate surface area is 225 Å². The Bertz CT molecular complexity index is 1580. The second-order valence-corrected chi connectivity index (χ2v) is 14.5.